The number of benzene rings is 3. The normalized spacial score (nSPS) is 10.7. The molecule has 4 rings (SSSR count). The number of aromatic nitrogens is 2. The van der Waals surface area contributed by atoms with Gasteiger partial charge in [-0.25, -0.2) is 0 Å². The lowest BCUT2D eigenvalue weighted by Gasteiger charge is -2.09. The number of ether oxygens (including phenoxy) is 1. The van der Waals surface area contributed by atoms with Crippen LogP contribution in [-0.4, -0.2) is 22.0 Å². The molecule has 0 bridgehead atoms. The van der Waals surface area contributed by atoms with Gasteiger partial charge in [-0.15, -0.1) is 0 Å². The molecule has 4 heteroatoms. The van der Waals surface area contributed by atoms with Gasteiger partial charge in [0.05, 0.1) is 25.0 Å². The first kappa shape index (κ1) is 16.9. The topological polar surface area (TPSA) is 47.3 Å². The number of para-hydroxylation sites is 1. The second-order valence-electron chi connectivity index (χ2n) is 6.30. The van der Waals surface area contributed by atoms with E-state index in [-0.39, 0.29) is 5.75 Å². The molecule has 0 aliphatic heterocycles. The Labute approximate surface area is 158 Å². The van der Waals surface area contributed by atoms with Crippen LogP contribution in [0.25, 0.3) is 22.5 Å². The lowest BCUT2D eigenvalue weighted by Crippen LogP contribution is -2.04. The minimum Gasteiger partial charge on any atom is -0.507 e. The van der Waals surface area contributed by atoms with Gasteiger partial charge in [-0.05, 0) is 48.0 Å². The summed E-state index contributed by atoms with van der Waals surface area (Å²) in [5.74, 6) is 1.05. The number of hydrogen-bond acceptors (Lipinski definition) is 3. The molecule has 0 amide bonds. The third-order valence-corrected chi connectivity index (χ3v) is 4.52. The highest BCUT2D eigenvalue weighted by molar-refractivity contribution is 5.72. The predicted octanol–water partition coefficient (Wildman–Crippen LogP) is 4.98. The molecular weight excluding hydrogens is 336 g/mol. The van der Waals surface area contributed by atoms with Crippen molar-refractivity contribution in [1.82, 2.24) is 9.78 Å². The first-order valence-corrected chi connectivity index (χ1v) is 8.79. The van der Waals surface area contributed by atoms with Gasteiger partial charge in [-0.3, -0.25) is 4.68 Å². The van der Waals surface area contributed by atoms with Crippen LogP contribution in [0.3, 0.4) is 0 Å². The molecule has 1 aromatic heterocycles. The Morgan fingerprint density at radius 2 is 1.59 bits per heavy atom. The van der Waals surface area contributed by atoms with Crippen LogP contribution in [0.5, 0.6) is 11.5 Å². The second-order valence-corrected chi connectivity index (χ2v) is 6.30. The van der Waals surface area contributed by atoms with E-state index < -0.39 is 0 Å². The summed E-state index contributed by atoms with van der Waals surface area (Å²) in [6.07, 6.45) is 0. The summed E-state index contributed by atoms with van der Waals surface area (Å²) in [4.78, 5) is 0. The van der Waals surface area contributed by atoms with Crippen LogP contribution in [-0.2, 0) is 6.54 Å². The maximum atomic E-state index is 10.3. The summed E-state index contributed by atoms with van der Waals surface area (Å²) in [5, 5.41) is 15.2. The molecule has 1 N–H and O–H groups in total. The maximum Gasteiger partial charge on any atom is 0.124 e. The van der Waals surface area contributed by atoms with E-state index in [1.807, 2.05) is 71.4 Å². The van der Waals surface area contributed by atoms with Gasteiger partial charge in [-0.2, -0.15) is 5.10 Å². The van der Waals surface area contributed by atoms with Crippen molar-refractivity contribution >= 4 is 0 Å². The number of nitrogens with zero attached hydrogens (tertiary/aromatic N) is 2. The molecule has 0 unspecified atom stereocenters. The first-order valence-electron chi connectivity index (χ1n) is 8.79. The number of rotatable bonds is 5. The van der Waals surface area contributed by atoms with E-state index in [0.717, 1.165) is 33.8 Å². The minimum absolute atomic E-state index is 0.244. The third-order valence-electron chi connectivity index (χ3n) is 4.52. The molecule has 3 aromatic carbocycles. The van der Waals surface area contributed by atoms with Crippen LogP contribution in [0.1, 0.15) is 5.56 Å². The number of hydrogen-bond donors (Lipinski definition) is 1. The summed E-state index contributed by atoms with van der Waals surface area (Å²) >= 11 is 0. The van der Waals surface area contributed by atoms with Crippen molar-refractivity contribution in [2.24, 2.45) is 0 Å². The molecule has 27 heavy (non-hydrogen) atoms. The van der Waals surface area contributed by atoms with E-state index in [0.29, 0.717) is 6.54 Å². The van der Waals surface area contributed by atoms with E-state index >= 15 is 0 Å². The van der Waals surface area contributed by atoms with Crippen molar-refractivity contribution in [2.45, 2.75) is 6.54 Å². The van der Waals surface area contributed by atoms with Gasteiger partial charge in [0, 0.05) is 11.1 Å². The Balaban J connectivity index is 1.80. The summed E-state index contributed by atoms with van der Waals surface area (Å²) in [6.45, 7) is 0.626. The highest BCUT2D eigenvalue weighted by Crippen LogP contribution is 2.32. The standard InChI is InChI=1S/C23H20N2O2/c1-27-19-13-11-18(12-14-19)21-15-22(20-9-5-6-10-23(20)26)25(24-21)16-17-7-3-2-4-8-17/h2-15,26H,16H2,1H3. The quantitative estimate of drug-likeness (QED) is 0.549. The van der Waals surface area contributed by atoms with E-state index in [1.165, 1.54) is 0 Å². The largest absolute Gasteiger partial charge is 0.507 e. The van der Waals surface area contributed by atoms with Gasteiger partial charge in [0.25, 0.3) is 0 Å². The van der Waals surface area contributed by atoms with Crippen molar-refractivity contribution in [1.29, 1.82) is 0 Å². The zero-order valence-electron chi connectivity index (χ0n) is 15.0. The smallest absolute Gasteiger partial charge is 0.124 e. The average molecular weight is 356 g/mol. The molecule has 0 aliphatic carbocycles. The van der Waals surface area contributed by atoms with Gasteiger partial charge in [0.15, 0.2) is 0 Å². The number of phenols is 1. The lowest BCUT2D eigenvalue weighted by atomic mass is 10.1. The van der Waals surface area contributed by atoms with Crippen LogP contribution in [0.2, 0.25) is 0 Å². The SMILES string of the molecule is COc1ccc(-c2cc(-c3ccccc3O)n(Cc3ccccc3)n2)cc1. The maximum absolute atomic E-state index is 10.3. The fourth-order valence-electron chi connectivity index (χ4n) is 3.10. The van der Waals surface area contributed by atoms with Crippen LogP contribution >= 0.6 is 0 Å². The third kappa shape index (κ3) is 3.55. The molecule has 4 aromatic rings. The van der Waals surface area contributed by atoms with Crippen molar-refractivity contribution in [2.75, 3.05) is 7.11 Å². The van der Waals surface area contributed by atoms with Gasteiger partial charge < -0.3 is 9.84 Å². The molecule has 0 aliphatic rings. The van der Waals surface area contributed by atoms with Crippen LogP contribution < -0.4 is 4.74 Å². The number of aromatic hydroxyl groups is 1. The molecule has 0 atom stereocenters. The molecule has 0 spiro atoms. The molecule has 0 fully saturated rings. The predicted molar refractivity (Wildman–Crippen MR) is 107 cm³/mol. The Morgan fingerprint density at radius 3 is 2.30 bits per heavy atom. The van der Waals surface area contributed by atoms with E-state index in [1.54, 1.807) is 13.2 Å². The zero-order valence-corrected chi connectivity index (χ0v) is 15.0. The Kier molecular flexibility index (Phi) is 4.62. The molecule has 0 saturated carbocycles. The summed E-state index contributed by atoms with van der Waals surface area (Å²) in [7, 11) is 1.65. The monoisotopic (exact) mass is 356 g/mol. The Hall–Kier alpha value is -3.53. The summed E-state index contributed by atoms with van der Waals surface area (Å²) in [5.41, 5.74) is 4.65. The fourth-order valence-corrected chi connectivity index (χ4v) is 3.10. The van der Waals surface area contributed by atoms with Crippen LogP contribution in [0.4, 0.5) is 0 Å². The minimum atomic E-state index is 0.244. The zero-order chi connectivity index (χ0) is 18.6. The molecule has 1 heterocycles. The van der Waals surface area contributed by atoms with Gasteiger partial charge in [0.2, 0.25) is 0 Å². The number of phenolic OH excluding ortho intramolecular Hbond substituents is 1. The molecule has 0 radical (unpaired) electrons. The van der Waals surface area contributed by atoms with Crippen LogP contribution in [0, 0.1) is 0 Å². The Bertz CT molecular complexity index is 1040. The van der Waals surface area contributed by atoms with Crippen molar-refractivity contribution in [3.8, 4) is 34.0 Å². The van der Waals surface area contributed by atoms with Gasteiger partial charge in [0.1, 0.15) is 11.5 Å². The Morgan fingerprint density at radius 1 is 0.889 bits per heavy atom. The summed E-state index contributed by atoms with van der Waals surface area (Å²) < 4.78 is 7.17. The molecular formula is C23H20N2O2. The average Bonchev–Trinajstić information content (AvgIpc) is 3.12. The highest BCUT2D eigenvalue weighted by Gasteiger charge is 2.14. The molecule has 4 nitrogen and oxygen atoms in total. The summed E-state index contributed by atoms with van der Waals surface area (Å²) in [6, 6.07) is 27.4. The van der Waals surface area contributed by atoms with Gasteiger partial charge in [-0.1, -0.05) is 42.5 Å². The van der Waals surface area contributed by atoms with Crippen LogP contribution in [0.15, 0.2) is 84.9 Å². The van der Waals surface area contributed by atoms with E-state index in [9.17, 15) is 5.11 Å². The van der Waals surface area contributed by atoms with E-state index in [4.69, 9.17) is 9.84 Å². The van der Waals surface area contributed by atoms with Crippen molar-refractivity contribution < 1.29 is 9.84 Å². The lowest BCUT2D eigenvalue weighted by molar-refractivity contribution is 0.415. The van der Waals surface area contributed by atoms with Crippen molar-refractivity contribution in [3.63, 3.8) is 0 Å². The molecule has 0 saturated heterocycles. The molecule has 134 valence electrons. The van der Waals surface area contributed by atoms with E-state index in [2.05, 4.69) is 12.1 Å². The second kappa shape index (κ2) is 7.38. The highest BCUT2D eigenvalue weighted by atomic mass is 16.5. The van der Waals surface area contributed by atoms with Crippen molar-refractivity contribution in [3.05, 3.63) is 90.5 Å². The first-order chi connectivity index (χ1) is 13.2. The number of methoxy groups -OCH3 is 1. The fraction of sp³-hybridized carbons (Fsp3) is 0.0870. The van der Waals surface area contributed by atoms with Gasteiger partial charge >= 0.3 is 0 Å².